The number of fused-ring (bicyclic) bond motifs is 1. The highest BCUT2D eigenvalue weighted by atomic mass is 19.1. The zero-order chi connectivity index (χ0) is 13.6. The Bertz CT molecular complexity index is 602. The van der Waals surface area contributed by atoms with Crippen LogP contribution in [0.15, 0.2) is 18.2 Å². The molecule has 0 radical (unpaired) electrons. The van der Waals surface area contributed by atoms with Gasteiger partial charge in [-0.2, -0.15) is 0 Å². The number of hydrogen-bond acceptors (Lipinski definition) is 3. The molecule has 1 fully saturated rings. The van der Waals surface area contributed by atoms with Crippen molar-refractivity contribution in [3.8, 4) is 0 Å². The molecular formula is C14H18FN3O. The van der Waals surface area contributed by atoms with E-state index in [-0.39, 0.29) is 18.0 Å². The molecule has 0 aliphatic heterocycles. The molecule has 0 amide bonds. The molecule has 1 saturated carbocycles. The molecule has 1 aromatic heterocycles. The first-order chi connectivity index (χ1) is 9.10. The first kappa shape index (κ1) is 12.6. The van der Waals surface area contributed by atoms with Crippen LogP contribution in [0.2, 0.25) is 0 Å². The zero-order valence-electron chi connectivity index (χ0n) is 11.1. The molecule has 102 valence electrons. The minimum absolute atomic E-state index is 0.169. The molecule has 0 unspecified atom stereocenters. The number of benzene rings is 1. The van der Waals surface area contributed by atoms with Crippen LogP contribution in [0.5, 0.6) is 0 Å². The number of rotatable bonds is 3. The third kappa shape index (κ3) is 2.03. The summed E-state index contributed by atoms with van der Waals surface area (Å²) >= 11 is 0. The second-order valence-corrected chi connectivity index (χ2v) is 5.24. The van der Waals surface area contributed by atoms with E-state index in [1.165, 1.54) is 12.1 Å². The van der Waals surface area contributed by atoms with Gasteiger partial charge >= 0.3 is 0 Å². The van der Waals surface area contributed by atoms with Crippen LogP contribution in [0.25, 0.3) is 11.0 Å². The lowest BCUT2D eigenvalue weighted by molar-refractivity contribution is 0.00636. The molecule has 1 aromatic carbocycles. The average Bonchev–Trinajstić information content (AvgIpc) is 2.67. The third-order valence-electron chi connectivity index (χ3n) is 3.85. The lowest BCUT2D eigenvalue weighted by Gasteiger charge is -2.36. The van der Waals surface area contributed by atoms with Crippen LogP contribution >= 0.6 is 0 Å². The summed E-state index contributed by atoms with van der Waals surface area (Å²) in [6.07, 6.45) is 2.15. The fraction of sp³-hybridized carbons (Fsp3) is 0.500. The third-order valence-corrected chi connectivity index (χ3v) is 3.85. The first-order valence-electron chi connectivity index (χ1n) is 6.56. The maximum Gasteiger partial charge on any atom is 0.126 e. The Balaban J connectivity index is 2.09. The van der Waals surface area contributed by atoms with E-state index < -0.39 is 0 Å². The van der Waals surface area contributed by atoms with Crippen molar-refractivity contribution in [3.05, 3.63) is 29.8 Å². The van der Waals surface area contributed by atoms with Gasteiger partial charge in [0.2, 0.25) is 0 Å². The summed E-state index contributed by atoms with van der Waals surface area (Å²) in [5, 5.41) is 0. The second-order valence-electron chi connectivity index (χ2n) is 5.24. The Kier molecular flexibility index (Phi) is 3.03. The average molecular weight is 263 g/mol. The molecule has 4 nitrogen and oxygen atoms in total. The summed E-state index contributed by atoms with van der Waals surface area (Å²) in [4.78, 5) is 4.54. The molecule has 1 aliphatic rings. The van der Waals surface area contributed by atoms with Crippen molar-refractivity contribution in [1.82, 2.24) is 9.55 Å². The summed E-state index contributed by atoms with van der Waals surface area (Å²) < 4.78 is 20.9. The lowest BCUT2D eigenvalue weighted by Crippen LogP contribution is -2.34. The van der Waals surface area contributed by atoms with Crippen LogP contribution in [0.4, 0.5) is 4.39 Å². The van der Waals surface area contributed by atoms with Crippen LogP contribution in [0, 0.1) is 5.82 Å². The van der Waals surface area contributed by atoms with E-state index in [1.54, 1.807) is 13.2 Å². The van der Waals surface area contributed by atoms with Gasteiger partial charge < -0.3 is 15.0 Å². The van der Waals surface area contributed by atoms with Crippen molar-refractivity contribution in [2.45, 2.75) is 38.0 Å². The number of nitrogens with zero attached hydrogens (tertiary/aromatic N) is 2. The normalized spacial score (nSPS) is 24.4. The van der Waals surface area contributed by atoms with E-state index in [0.717, 1.165) is 29.7 Å². The molecule has 0 saturated heterocycles. The van der Waals surface area contributed by atoms with Crippen LogP contribution in [-0.4, -0.2) is 22.8 Å². The highest BCUT2D eigenvalue weighted by molar-refractivity contribution is 5.76. The molecular weight excluding hydrogens is 245 g/mol. The molecule has 2 aromatic rings. The van der Waals surface area contributed by atoms with Gasteiger partial charge in [0.1, 0.15) is 11.6 Å². The topological polar surface area (TPSA) is 53.1 Å². The molecule has 1 aliphatic carbocycles. The summed E-state index contributed by atoms with van der Waals surface area (Å²) in [6.45, 7) is 1.90. The van der Waals surface area contributed by atoms with Crippen LogP contribution in [0.3, 0.4) is 0 Å². The number of imidazole rings is 1. The number of aromatic nitrogens is 2. The molecule has 19 heavy (non-hydrogen) atoms. The van der Waals surface area contributed by atoms with E-state index in [4.69, 9.17) is 10.5 Å². The quantitative estimate of drug-likeness (QED) is 0.925. The van der Waals surface area contributed by atoms with Gasteiger partial charge in [-0.3, -0.25) is 0 Å². The molecule has 3 rings (SSSR count). The van der Waals surface area contributed by atoms with E-state index in [1.807, 2.05) is 6.92 Å². The summed E-state index contributed by atoms with van der Waals surface area (Å²) in [6, 6.07) is 4.81. The highest BCUT2D eigenvalue weighted by Gasteiger charge is 2.33. The zero-order valence-corrected chi connectivity index (χ0v) is 11.1. The molecule has 0 spiro atoms. The van der Waals surface area contributed by atoms with Crippen LogP contribution in [0.1, 0.15) is 37.7 Å². The van der Waals surface area contributed by atoms with Crippen LogP contribution in [-0.2, 0) is 4.74 Å². The summed E-state index contributed by atoms with van der Waals surface area (Å²) in [5.41, 5.74) is 7.62. The van der Waals surface area contributed by atoms with Gasteiger partial charge in [-0.15, -0.1) is 0 Å². The largest absolute Gasteiger partial charge is 0.381 e. The van der Waals surface area contributed by atoms with Crippen molar-refractivity contribution in [3.63, 3.8) is 0 Å². The molecule has 0 bridgehead atoms. The molecule has 1 heterocycles. The Hall–Kier alpha value is -1.46. The van der Waals surface area contributed by atoms with Crippen molar-refractivity contribution in [2.75, 3.05) is 7.11 Å². The smallest absolute Gasteiger partial charge is 0.126 e. The Labute approximate surface area is 111 Å². The van der Waals surface area contributed by atoms with Crippen LogP contribution < -0.4 is 5.73 Å². The number of nitrogens with two attached hydrogens (primary N) is 1. The minimum atomic E-state index is -0.243. The van der Waals surface area contributed by atoms with Gasteiger partial charge in [-0.05, 0) is 38.0 Å². The van der Waals surface area contributed by atoms with Gasteiger partial charge in [0.25, 0.3) is 0 Å². The first-order valence-corrected chi connectivity index (χ1v) is 6.56. The van der Waals surface area contributed by atoms with Crippen molar-refractivity contribution >= 4 is 11.0 Å². The maximum absolute atomic E-state index is 13.5. The van der Waals surface area contributed by atoms with E-state index in [2.05, 4.69) is 9.55 Å². The van der Waals surface area contributed by atoms with Crippen molar-refractivity contribution in [2.24, 2.45) is 5.73 Å². The summed E-state index contributed by atoms with van der Waals surface area (Å²) in [7, 11) is 1.72. The minimum Gasteiger partial charge on any atom is -0.381 e. The lowest BCUT2D eigenvalue weighted by atomic mass is 9.88. The van der Waals surface area contributed by atoms with Gasteiger partial charge in [-0.1, -0.05) is 0 Å². The van der Waals surface area contributed by atoms with Gasteiger partial charge in [0.05, 0.1) is 23.2 Å². The monoisotopic (exact) mass is 263 g/mol. The van der Waals surface area contributed by atoms with E-state index >= 15 is 0 Å². The van der Waals surface area contributed by atoms with Crippen molar-refractivity contribution in [1.29, 1.82) is 0 Å². The number of hydrogen-bond donors (Lipinski definition) is 1. The van der Waals surface area contributed by atoms with E-state index in [0.29, 0.717) is 6.04 Å². The standard InChI is InChI=1S/C14H18FN3O/c1-8(16)14-17-12-4-3-9(15)5-13(12)18(14)10-6-11(7-10)19-2/h3-5,8,10-11H,6-7,16H2,1-2H3/t8-,10-,11-/m0/s1. The molecule has 5 heteroatoms. The Morgan fingerprint density at radius 2 is 2.21 bits per heavy atom. The second kappa shape index (κ2) is 4.58. The Morgan fingerprint density at radius 1 is 1.47 bits per heavy atom. The Morgan fingerprint density at radius 3 is 2.84 bits per heavy atom. The maximum atomic E-state index is 13.5. The predicted molar refractivity (Wildman–Crippen MR) is 71.4 cm³/mol. The SMILES string of the molecule is CO[C@H]1C[C@H](n2c([C@H](C)N)nc3ccc(F)cc32)C1. The predicted octanol–water partition coefficient (Wildman–Crippen LogP) is 2.55. The molecule has 1 atom stereocenters. The fourth-order valence-corrected chi connectivity index (χ4v) is 2.73. The van der Waals surface area contributed by atoms with E-state index in [9.17, 15) is 4.39 Å². The van der Waals surface area contributed by atoms with Gasteiger partial charge in [-0.25, -0.2) is 9.37 Å². The summed E-state index contributed by atoms with van der Waals surface area (Å²) in [5.74, 6) is 0.577. The highest BCUT2D eigenvalue weighted by Crippen LogP contribution is 2.38. The number of methoxy groups -OCH3 is 1. The van der Waals surface area contributed by atoms with Gasteiger partial charge in [0, 0.05) is 13.2 Å². The van der Waals surface area contributed by atoms with Crippen molar-refractivity contribution < 1.29 is 9.13 Å². The molecule has 2 N–H and O–H groups in total. The van der Waals surface area contributed by atoms with Gasteiger partial charge in [0.15, 0.2) is 0 Å². The number of halogens is 1. The number of ether oxygens (including phenoxy) is 1. The fourth-order valence-electron chi connectivity index (χ4n) is 2.73.